The van der Waals surface area contributed by atoms with Gasteiger partial charge in [-0.25, -0.2) is 13.1 Å². The molecular weight excluding hydrogens is 248 g/mol. The fraction of sp³-hybridized carbons (Fsp3) is 0.100. The van der Waals surface area contributed by atoms with Crippen LogP contribution in [0.1, 0.15) is 5.69 Å². The first-order valence-electron chi connectivity index (χ1n) is 4.57. The van der Waals surface area contributed by atoms with E-state index in [1.54, 1.807) is 16.9 Å². The number of rotatable bonds is 3. The molecule has 6 heteroatoms. The van der Waals surface area contributed by atoms with Crippen molar-refractivity contribution in [3.05, 3.63) is 48.3 Å². The zero-order valence-corrected chi connectivity index (χ0v) is 9.82. The maximum Gasteiger partial charge on any atom is 0.238 e. The van der Waals surface area contributed by atoms with Gasteiger partial charge in [0, 0.05) is 16.9 Å². The normalized spacial score (nSPS) is 11.6. The van der Waals surface area contributed by atoms with Crippen LogP contribution >= 0.6 is 10.7 Å². The van der Waals surface area contributed by atoms with Gasteiger partial charge in [-0.15, -0.1) is 0 Å². The molecule has 2 aromatic rings. The Morgan fingerprint density at radius 2 is 1.88 bits per heavy atom. The fourth-order valence-electron chi connectivity index (χ4n) is 1.42. The summed E-state index contributed by atoms with van der Waals surface area (Å²) in [7, 11) is 1.65. The van der Waals surface area contributed by atoms with E-state index >= 15 is 0 Å². The summed E-state index contributed by atoms with van der Waals surface area (Å²) in [4.78, 5) is 0. The third kappa shape index (κ3) is 2.62. The molecule has 0 atom stereocenters. The van der Waals surface area contributed by atoms with Gasteiger partial charge in [-0.2, -0.15) is 5.10 Å². The molecule has 0 radical (unpaired) electrons. The Kier molecular flexibility index (Phi) is 2.98. The molecule has 0 aliphatic rings. The molecular formula is C10H9ClN2O2S. The van der Waals surface area contributed by atoms with Crippen molar-refractivity contribution in [3.8, 4) is 5.69 Å². The summed E-state index contributed by atoms with van der Waals surface area (Å²) >= 11 is 0. The summed E-state index contributed by atoms with van der Waals surface area (Å²) < 4.78 is 23.6. The molecule has 0 fully saturated rings. The second kappa shape index (κ2) is 4.27. The first-order valence-corrected chi connectivity index (χ1v) is 7.05. The van der Waals surface area contributed by atoms with Crippen molar-refractivity contribution >= 4 is 19.7 Å². The number of halogens is 1. The van der Waals surface area contributed by atoms with E-state index in [-0.39, 0.29) is 5.75 Å². The van der Waals surface area contributed by atoms with Crippen LogP contribution in [0.3, 0.4) is 0 Å². The van der Waals surface area contributed by atoms with Gasteiger partial charge in [0.05, 0.1) is 11.4 Å². The van der Waals surface area contributed by atoms with Crippen LogP contribution in [0.15, 0.2) is 42.6 Å². The number of nitrogens with zero attached hydrogens (tertiary/aromatic N) is 2. The summed E-state index contributed by atoms with van der Waals surface area (Å²) in [6.45, 7) is 0. The molecule has 1 heterocycles. The van der Waals surface area contributed by atoms with E-state index in [1.165, 1.54) is 0 Å². The lowest BCUT2D eigenvalue weighted by atomic mass is 10.3. The van der Waals surface area contributed by atoms with Gasteiger partial charge < -0.3 is 0 Å². The molecule has 0 aliphatic carbocycles. The van der Waals surface area contributed by atoms with Gasteiger partial charge in [0.15, 0.2) is 0 Å². The van der Waals surface area contributed by atoms with Crippen molar-refractivity contribution in [1.29, 1.82) is 0 Å². The van der Waals surface area contributed by atoms with E-state index in [2.05, 4.69) is 5.10 Å². The summed E-state index contributed by atoms with van der Waals surface area (Å²) in [5.74, 6) is -0.233. The Labute approximate surface area is 97.9 Å². The van der Waals surface area contributed by atoms with Gasteiger partial charge in [-0.3, -0.25) is 0 Å². The van der Waals surface area contributed by atoms with E-state index in [0.717, 1.165) is 5.69 Å². The van der Waals surface area contributed by atoms with E-state index < -0.39 is 9.05 Å². The summed E-state index contributed by atoms with van der Waals surface area (Å²) in [5.41, 5.74) is 1.35. The Hall–Kier alpha value is -1.33. The average molecular weight is 257 g/mol. The SMILES string of the molecule is O=S(=O)(Cl)Cc1ccnn1-c1ccccc1. The molecule has 0 spiro atoms. The van der Waals surface area contributed by atoms with Crippen molar-refractivity contribution < 1.29 is 8.42 Å². The minimum Gasteiger partial charge on any atom is -0.237 e. The van der Waals surface area contributed by atoms with Gasteiger partial charge in [-0.1, -0.05) is 18.2 Å². The molecule has 84 valence electrons. The maximum atomic E-state index is 11.0. The van der Waals surface area contributed by atoms with Gasteiger partial charge in [0.25, 0.3) is 0 Å². The zero-order chi connectivity index (χ0) is 11.6. The van der Waals surface area contributed by atoms with Crippen LogP contribution in [0.2, 0.25) is 0 Å². The second-order valence-electron chi connectivity index (χ2n) is 3.25. The minimum absolute atomic E-state index is 0.233. The predicted molar refractivity (Wildman–Crippen MR) is 62.0 cm³/mol. The molecule has 0 amide bonds. The Bertz CT molecular complexity index is 578. The van der Waals surface area contributed by atoms with Crippen LogP contribution in [0.25, 0.3) is 5.69 Å². The van der Waals surface area contributed by atoms with Crippen LogP contribution in [0.4, 0.5) is 0 Å². The lowest BCUT2D eigenvalue weighted by Gasteiger charge is -2.05. The quantitative estimate of drug-likeness (QED) is 0.789. The summed E-state index contributed by atoms with van der Waals surface area (Å²) in [5, 5.41) is 4.06. The lowest BCUT2D eigenvalue weighted by Crippen LogP contribution is -2.05. The first kappa shape index (κ1) is 11.2. The molecule has 0 bridgehead atoms. The van der Waals surface area contributed by atoms with E-state index in [0.29, 0.717) is 5.69 Å². The van der Waals surface area contributed by atoms with Crippen LogP contribution in [-0.4, -0.2) is 18.2 Å². The van der Waals surface area contributed by atoms with Gasteiger partial charge >= 0.3 is 0 Å². The number of benzene rings is 1. The Balaban J connectivity index is 2.41. The van der Waals surface area contributed by atoms with Gasteiger partial charge in [0.1, 0.15) is 5.75 Å². The van der Waals surface area contributed by atoms with Crippen molar-refractivity contribution in [3.63, 3.8) is 0 Å². The molecule has 1 aromatic heterocycles. The highest BCUT2D eigenvalue weighted by molar-refractivity contribution is 8.13. The fourth-order valence-corrected chi connectivity index (χ4v) is 2.33. The van der Waals surface area contributed by atoms with Crippen molar-refractivity contribution in [2.24, 2.45) is 0 Å². The third-order valence-electron chi connectivity index (χ3n) is 2.04. The highest BCUT2D eigenvalue weighted by atomic mass is 35.7. The summed E-state index contributed by atoms with van der Waals surface area (Å²) in [6, 6.07) is 10.9. The maximum absolute atomic E-state index is 11.0. The van der Waals surface area contributed by atoms with Crippen molar-refractivity contribution in [2.45, 2.75) is 5.75 Å². The first-order chi connectivity index (χ1) is 7.56. The van der Waals surface area contributed by atoms with Crippen LogP contribution in [-0.2, 0) is 14.8 Å². The lowest BCUT2D eigenvalue weighted by molar-refractivity contribution is 0.607. The molecule has 0 N–H and O–H groups in total. The van der Waals surface area contributed by atoms with Crippen LogP contribution in [0, 0.1) is 0 Å². The molecule has 0 saturated heterocycles. The number of hydrogen-bond donors (Lipinski definition) is 0. The molecule has 16 heavy (non-hydrogen) atoms. The average Bonchev–Trinajstić information content (AvgIpc) is 2.64. The third-order valence-corrected chi connectivity index (χ3v) is 3.01. The second-order valence-corrected chi connectivity index (χ2v) is 6.03. The molecule has 1 aromatic carbocycles. The Morgan fingerprint density at radius 3 is 2.50 bits per heavy atom. The monoisotopic (exact) mass is 256 g/mol. The van der Waals surface area contributed by atoms with Gasteiger partial charge in [0.2, 0.25) is 9.05 Å². The molecule has 2 rings (SSSR count). The zero-order valence-electron chi connectivity index (χ0n) is 8.25. The van der Waals surface area contributed by atoms with Crippen LogP contribution < -0.4 is 0 Å². The van der Waals surface area contributed by atoms with E-state index in [1.807, 2.05) is 30.3 Å². The highest BCUT2D eigenvalue weighted by Gasteiger charge is 2.12. The highest BCUT2D eigenvalue weighted by Crippen LogP contribution is 2.14. The molecule has 0 unspecified atom stereocenters. The number of para-hydroxylation sites is 1. The molecule has 0 aliphatic heterocycles. The largest absolute Gasteiger partial charge is 0.238 e. The van der Waals surface area contributed by atoms with Gasteiger partial charge in [-0.05, 0) is 18.2 Å². The van der Waals surface area contributed by atoms with Crippen molar-refractivity contribution in [1.82, 2.24) is 9.78 Å². The van der Waals surface area contributed by atoms with Crippen LogP contribution in [0.5, 0.6) is 0 Å². The number of hydrogen-bond acceptors (Lipinski definition) is 3. The number of aromatic nitrogens is 2. The van der Waals surface area contributed by atoms with E-state index in [4.69, 9.17) is 10.7 Å². The Morgan fingerprint density at radius 1 is 1.19 bits per heavy atom. The predicted octanol–water partition coefficient (Wildman–Crippen LogP) is 1.94. The summed E-state index contributed by atoms with van der Waals surface area (Å²) in [6.07, 6.45) is 1.55. The molecule has 4 nitrogen and oxygen atoms in total. The smallest absolute Gasteiger partial charge is 0.237 e. The topological polar surface area (TPSA) is 52.0 Å². The standard InChI is InChI=1S/C10H9ClN2O2S/c11-16(14,15)8-10-6-7-12-13(10)9-4-2-1-3-5-9/h1-7H,8H2. The van der Waals surface area contributed by atoms with E-state index in [9.17, 15) is 8.42 Å². The van der Waals surface area contributed by atoms with Crippen molar-refractivity contribution in [2.75, 3.05) is 0 Å². The molecule has 0 saturated carbocycles. The minimum atomic E-state index is -3.57.